The van der Waals surface area contributed by atoms with Crippen LogP contribution in [-0.4, -0.2) is 20.7 Å². The third-order valence-electron chi connectivity index (χ3n) is 3.93. The number of aromatic nitrogens is 3. The molecule has 0 spiro atoms. The van der Waals surface area contributed by atoms with Crippen molar-refractivity contribution in [1.29, 1.82) is 0 Å². The average Bonchev–Trinajstić information content (AvgIpc) is 3.40. The van der Waals surface area contributed by atoms with E-state index in [-0.39, 0.29) is 5.91 Å². The van der Waals surface area contributed by atoms with Gasteiger partial charge in [0.05, 0.1) is 12.0 Å². The van der Waals surface area contributed by atoms with Gasteiger partial charge in [-0.3, -0.25) is 4.79 Å². The van der Waals surface area contributed by atoms with Crippen molar-refractivity contribution in [2.24, 2.45) is 0 Å². The molecule has 130 valence electrons. The van der Waals surface area contributed by atoms with E-state index in [1.54, 1.807) is 23.2 Å². The molecule has 0 aliphatic carbocycles. The summed E-state index contributed by atoms with van der Waals surface area (Å²) in [5, 5.41) is 7.92. The highest BCUT2D eigenvalue weighted by atomic mass is 32.1. The second-order valence-corrected chi connectivity index (χ2v) is 6.87. The molecule has 4 aromatic rings. The molecule has 1 aromatic carbocycles. The van der Waals surface area contributed by atoms with Gasteiger partial charge in [0.2, 0.25) is 0 Å². The number of carbonyl (C=O) groups excluding carboxylic acids is 1. The molecule has 4 rings (SSSR count). The number of aryl methyl sites for hydroxylation is 1. The zero-order chi connectivity index (χ0) is 17.9. The van der Waals surface area contributed by atoms with E-state index >= 15 is 0 Å². The Morgan fingerprint density at radius 3 is 2.88 bits per heavy atom. The largest absolute Gasteiger partial charge is 0.462 e. The summed E-state index contributed by atoms with van der Waals surface area (Å²) in [6.45, 7) is 2.28. The highest BCUT2D eigenvalue weighted by Crippen LogP contribution is 2.27. The molecule has 3 heterocycles. The third kappa shape index (κ3) is 3.16. The molecule has 0 saturated carbocycles. The average molecular weight is 364 g/mol. The quantitative estimate of drug-likeness (QED) is 0.584. The highest BCUT2D eigenvalue weighted by Gasteiger charge is 2.17. The highest BCUT2D eigenvalue weighted by molar-refractivity contribution is 7.15. The third-order valence-corrected chi connectivity index (χ3v) is 4.91. The normalized spacial score (nSPS) is 10.8. The number of nitrogens with one attached hydrogen (secondary N) is 1. The number of thiazole rings is 1. The fourth-order valence-electron chi connectivity index (χ4n) is 2.67. The van der Waals surface area contributed by atoms with E-state index in [4.69, 9.17) is 4.42 Å². The van der Waals surface area contributed by atoms with Crippen molar-refractivity contribution in [3.05, 3.63) is 77.3 Å². The lowest BCUT2D eigenvalue weighted by atomic mass is 10.1. The Morgan fingerprint density at radius 2 is 2.12 bits per heavy atom. The predicted molar refractivity (Wildman–Crippen MR) is 99.3 cm³/mol. The molecule has 6 nitrogen and oxygen atoms in total. The van der Waals surface area contributed by atoms with Crippen molar-refractivity contribution < 1.29 is 9.21 Å². The first-order valence-electron chi connectivity index (χ1n) is 8.10. The topological polar surface area (TPSA) is 73.0 Å². The monoisotopic (exact) mass is 364 g/mol. The standard InChI is InChI=1S/C19H16N4O2S/c1-13-17(22-19(26-13)16-8-4-11-25-16)18(24)20-12-14-6-2-3-7-15(14)23-10-5-9-21-23/h2-11H,12H2,1H3,(H,20,24). The lowest BCUT2D eigenvalue weighted by Gasteiger charge is -2.10. The van der Waals surface area contributed by atoms with Crippen molar-refractivity contribution in [2.45, 2.75) is 13.5 Å². The Morgan fingerprint density at radius 1 is 1.23 bits per heavy atom. The minimum Gasteiger partial charge on any atom is -0.462 e. The van der Waals surface area contributed by atoms with Gasteiger partial charge in [0, 0.05) is 23.8 Å². The van der Waals surface area contributed by atoms with Gasteiger partial charge >= 0.3 is 0 Å². The first kappa shape index (κ1) is 16.3. The fraction of sp³-hybridized carbons (Fsp3) is 0.105. The SMILES string of the molecule is Cc1sc(-c2ccco2)nc1C(=O)NCc1ccccc1-n1cccn1. The Hall–Kier alpha value is -3.19. The minimum atomic E-state index is -0.202. The van der Waals surface area contributed by atoms with Gasteiger partial charge in [-0.2, -0.15) is 5.10 Å². The van der Waals surface area contributed by atoms with Crippen LogP contribution in [0.25, 0.3) is 16.5 Å². The zero-order valence-electron chi connectivity index (χ0n) is 14.0. The van der Waals surface area contributed by atoms with Crippen molar-refractivity contribution in [2.75, 3.05) is 0 Å². The Bertz CT molecular complexity index is 1020. The van der Waals surface area contributed by atoms with E-state index < -0.39 is 0 Å². The smallest absolute Gasteiger partial charge is 0.271 e. The molecule has 0 bridgehead atoms. The summed E-state index contributed by atoms with van der Waals surface area (Å²) in [5.41, 5.74) is 2.34. The lowest BCUT2D eigenvalue weighted by molar-refractivity contribution is 0.0946. The minimum absolute atomic E-state index is 0.202. The van der Waals surface area contributed by atoms with E-state index in [0.717, 1.165) is 16.1 Å². The van der Waals surface area contributed by atoms with Crippen molar-refractivity contribution in [3.8, 4) is 16.5 Å². The summed E-state index contributed by atoms with van der Waals surface area (Å²) in [7, 11) is 0. The predicted octanol–water partition coefficient (Wildman–Crippen LogP) is 3.83. The molecule has 0 radical (unpaired) electrons. The summed E-state index contributed by atoms with van der Waals surface area (Å²) < 4.78 is 7.14. The van der Waals surface area contributed by atoms with Crippen LogP contribution in [0.2, 0.25) is 0 Å². The zero-order valence-corrected chi connectivity index (χ0v) is 14.9. The van der Waals surface area contributed by atoms with Crippen molar-refractivity contribution in [3.63, 3.8) is 0 Å². The van der Waals surface area contributed by atoms with Gasteiger partial charge in [-0.1, -0.05) is 18.2 Å². The number of furan rings is 1. The number of para-hydroxylation sites is 1. The molecule has 0 unspecified atom stereocenters. The number of rotatable bonds is 5. The summed E-state index contributed by atoms with van der Waals surface area (Å²) >= 11 is 1.44. The maximum absolute atomic E-state index is 12.6. The van der Waals surface area contributed by atoms with Crippen LogP contribution in [-0.2, 0) is 6.54 Å². The molecule has 0 saturated heterocycles. The van der Waals surface area contributed by atoms with Crippen LogP contribution in [0, 0.1) is 6.92 Å². The molecule has 26 heavy (non-hydrogen) atoms. The maximum atomic E-state index is 12.6. The summed E-state index contributed by atoms with van der Waals surface area (Å²) in [6.07, 6.45) is 5.20. The first-order valence-corrected chi connectivity index (χ1v) is 8.91. The van der Waals surface area contributed by atoms with E-state index in [0.29, 0.717) is 23.0 Å². The van der Waals surface area contributed by atoms with Crippen LogP contribution >= 0.6 is 11.3 Å². The number of carbonyl (C=O) groups is 1. The summed E-state index contributed by atoms with van der Waals surface area (Å²) in [6, 6.07) is 13.3. The van der Waals surface area contributed by atoms with Crippen LogP contribution in [0.4, 0.5) is 0 Å². The molecule has 3 aromatic heterocycles. The van der Waals surface area contributed by atoms with Gasteiger partial charge in [0.1, 0.15) is 5.69 Å². The van der Waals surface area contributed by atoms with Gasteiger partial charge in [0.15, 0.2) is 10.8 Å². The molecule has 7 heteroatoms. The number of hydrogen-bond donors (Lipinski definition) is 1. The van der Waals surface area contributed by atoms with Gasteiger partial charge in [-0.15, -0.1) is 11.3 Å². The van der Waals surface area contributed by atoms with Crippen molar-refractivity contribution >= 4 is 17.2 Å². The van der Waals surface area contributed by atoms with E-state index in [1.165, 1.54) is 11.3 Å². The van der Waals surface area contributed by atoms with Gasteiger partial charge in [-0.25, -0.2) is 9.67 Å². The molecule has 0 aliphatic rings. The molecule has 1 amide bonds. The van der Waals surface area contributed by atoms with Crippen LogP contribution in [0.5, 0.6) is 0 Å². The molecule has 0 atom stereocenters. The molecule has 0 fully saturated rings. The molecule has 0 aliphatic heterocycles. The Labute approximate surface area is 154 Å². The molecule has 1 N–H and O–H groups in total. The number of benzene rings is 1. The van der Waals surface area contributed by atoms with Crippen LogP contribution in [0.3, 0.4) is 0 Å². The Balaban J connectivity index is 1.52. The summed E-state index contributed by atoms with van der Waals surface area (Å²) in [5.74, 6) is 0.466. The molecular formula is C19H16N4O2S. The molecular weight excluding hydrogens is 348 g/mol. The van der Waals surface area contributed by atoms with Gasteiger partial charge in [0.25, 0.3) is 5.91 Å². The van der Waals surface area contributed by atoms with E-state index in [9.17, 15) is 4.79 Å². The summed E-state index contributed by atoms with van der Waals surface area (Å²) in [4.78, 5) is 17.9. The first-order chi connectivity index (χ1) is 12.7. The fourth-order valence-corrected chi connectivity index (χ4v) is 3.55. The second kappa shape index (κ2) is 6.97. The second-order valence-electron chi connectivity index (χ2n) is 5.66. The van der Waals surface area contributed by atoms with Crippen LogP contribution in [0.15, 0.2) is 65.5 Å². The van der Waals surface area contributed by atoms with Crippen LogP contribution in [0.1, 0.15) is 20.9 Å². The number of amides is 1. The van der Waals surface area contributed by atoms with E-state index in [1.807, 2.05) is 49.5 Å². The van der Waals surface area contributed by atoms with E-state index in [2.05, 4.69) is 15.4 Å². The lowest BCUT2D eigenvalue weighted by Crippen LogP contribution is -2.24. The van der Waals surface area contributed by atoms with Gasteiger partial charge < -0.3 is 9.73 Å². The van der Waals surface area contributed by atoms with Gasteiger partial charge in [-0.05, 0) is 36.8 Å². The number of nitrogens with zero attached hydrogens (tertiary/aromatic N) is 3. The van der Waals surface area contributed by atoms with Crippen molar-refractivity contribution in [1.82, 2.24) is 20.1 Å². The van der Waals surface area contributed by atoms with Crippen LogP contribution < -0.4 is 5.32 Å². The maximum Gasteiger partial charge on any atom is 0.271 e. The number of hydrogen-bond acceptors (Lipinski definition) is 5. The Kier molecular flexibility index (Phi) is 4.37.